The van der Waals surface area contributed by atoms with Gasteiger partial charge in [0, 0.05) is 0 Å². The number of hydrogen-bond donors (Lipinski definition) is 2. The predicted molar refractivity (Wildman–Crippen MR) is 23.7 cm³/mol. The highest BCUT2D eigenvalue weighted by atomic mass is 31.2. The van der Waals surface area contributed by atoms with Gasteiger partial charge in [-0.25, -0.2) is 0 Å². The van der Waals surface area contributed by atoms with Gasteiger partial charge in [0.05, 0.1) is 7.52 Å². The fourth-order valence-electron chi connectivity index (χ4n) is 0. The van der Waals surface area contributed by atoms with Crippen molar-refractivity contribution in [3.63, 3.8) is 0 Å². The van der Waals surface area contributed by atoms with Crippen LogP contribution in [0.25, 0.3) is 0 Å². The third-order valence-corrected chi connectivity index (χ3v) is 0. The molecule has 0 amide bonds. The molecule has 6 N–H and O–H groups in total. The molecule has 1 atom stereocenters. The number of nitrogens with two attached hydrogens (primary N) is 1. The van der Waals surface area contributed by atoms with Gasteiger partial charge in [0.1, 0.15) is 0 Å². The molecule has 0 aliphatic heterocycles. The van der Waals surface area contributed by atoms with E-state index in [9.17, 15) is 9.46 Å². The van der Waals surface area contributed by atoms with Gasteiger partial charge in [0.25, 0.3) is 0 Å². The highest BCUT2D eigenvalue weighted by molar-refractivity contribution is 7.53. The average molecular weight is 112 g/mol. The minimum absolute atomic E-state index is 0. The van der Waals surface area contributed by atoms with Gasteiger partial charge >= 0.3 is 0 Å². The maximum absolute atomic E-state index is 9.44. The van der Waals surface area contributed by atoms with Crippen LogP contribution in [0.3, 0.4) is 0 Å². The van der Waals surface area contributed by atoms with Crippen LogP contribution in [0.1, 0.15) is 0 Å². The quantitative estimate of drug-likeness (QED) is 0.413. The first kappa shape index (κ1) is 9.44. The summed E-state index contributed by atoms with van der Waals surface area (Å²) in [6, 6.07) is 0. The second-order valence-corrected chi connectivity index (χ2v) is 2.73. The highest BCUT2D eigenvalue weighted by Crippen LogP contribution is 2.13. The monoisotopic (exact) mass is 112 g/mol. The SMILES string of the molecule is CP(N)(=O)[O-].[NH4+]. The lowest BCUT2D eigenvalue weighted by Crippen LogP contribution is -2.05. The summed E-state index contributed by atoms with van der Waals surface area (Å²) in [6.45, 7) is 0.965. The molecule has 0 bridgehead atoms. The smallest absolute Gasteiger partial charge is 0.0712 e. The Hall–Kier alpha value is 0.110. The molecule has 0 fully saturated rings. The van der Waals surface area contributed by atoms with Crippen molar-refractivity contribution in [2.24, 2.45) is 5.50 Å². The number of hydrogen-bond acceptors (Lipinski definition) is 2. The van der Waals surface area contributed by atoms with Gasteiger partial charge < -0.3 is 15.6 Å². The first-order valence-corrected chi connectivity index (χ1v) is 3.21. The maximum atomic E-state index is 9.44. The molecule has 0 aliphatic rings. The van der Waals surface area contributed by atoms with Gasteiger partial charge in [0.2, 0.25) is 0 Å². The number of rotatable bonds is 0. The van der Waals surface area contributed by atoms with Crippen molar-refractivity contribution >= 4 is 7.52 Å². The van der Waals surface area contributed by atoms with Gasteiger partial charge in [-0.05, 0) is 6.66 Å². The molecule has 0 aromatic heterocycles. The molecule has 0 heterocycles. The molecule has 0 spiro atoms. The van der Waals surface area contributed by atoms with Crippen LogP contribution in [0.2, 0.25) is 0 Å². The molecule has 0 saturated carbocycles. The molecule has 0 rings (SSSR count). The Kier molecular flexibility index (Phi) is 3.64. The van der Waals surface area contributed by atoms with E-state index in [4.69, 9.17) is 0 Å². The summed E-state index contributed by atoms with van der Waals surface area (Å²) in [4.78, 5) is 9.44. The molecule has 5 heteroatoms. The Morgan fingerprint density at radius 3 is 1.83 bits per heavy atom. The van der Waals surface area contributed by atoms with Crippen LogP contribution in [0.4, 0.5) is 0 Å². The van der Waals surface area contributed by atoms with Crippen molar-refractivity contribution in [2.45, 2.75) is 0 Å². The lowest BCUT2D eigenvalue weighted by molar-refractivity contribution is -0.173. The van der Waals surface area contributed by atoms with Crippen LogP contribution in [-0.4, -0.2) is 6.66 Å². The van der Waals surface area contributed by atoms with Gasteiger partial charge in [-0.1, -0.05) is 0 Å². The molecule has 0 aliphatic carbocycles. The topological polar surface area (TPSA) is 103 Å². The normalized spacial score (nSPS) is 17.8. The second-order valence-electron chi connectivity index (χ2n) is 0.909. The van der Waals surface area contributed by atoms with Crippen LogP contribution >= 0.6 is 7.52 Å². The summed E-state index contributed by atoms with van der Waals surface area (Å²) in [5.41, 5.74) is 4.35. The Labute approximate surface area is 36.4 Å². The molecule has 1 unspecified atom stereocenters. The predicted octanol–water partition coefficient (Wildman–Crippen LogP) is -0.496. The van der Waals surface area contributed by atoms with E-state index >= 15 is 0 Å². The van der Waals surface area contributed by atoms with Crippen molar-refractivity contribution in [1.82, 2.24) is 6.15 Å². The van der Waals surface area contributed by atoms with E-state index < -0.39 is 7.52 Å². The largest absolute Gasteiger partial charge is 0.788 e. The zero-order valence-electron chi connectivity index (χ0n) is 3.84. The van der Waals surface area contributed by atoms with E-state index in [0.717, 1.165) is 6.66 Å². The molecule has 0 radical (unpaired) electrons. The summed E-state index contributed by atoms with van der Waals surface area (Å²) < 4.78 is 9.44. The standard InChI is InChI=1S/CH6NO2P.H3N/c1-5(2,3)4;/h1H3,(H3,2,3,4);1H3. The summed E-state index contributed by atoms with van der Waals surface area (Å²) in [5.74, 6) is 0. The summed E-state index contributed by atoms with van der Waals surface area (Å²) in [5, 5.41) is 0. The van der Waals surface area contributed by atoms with Crippen molar-refractivity contribution in [2.75, 3.05) is 6.66 Å². The van der Waals surface area contributed by atoms with Crippen LogP contribution in [-0.2, 0) is 4.57 Å². The van der Waals surface area contributed by atoms with E-state index in [1.54, 1.807) is 0 Å². The minimum atomic E-state index is -3.39. The van der Waals surface area contributed by atoms with Crippen molar-refractivity contribution in [3.05, 3.63) is 0 Å². The van der Waals surface area contributed by atoms with Crippen LogP contribution in [0, 0.1) is 0 Å². The van der Waals surface area contributed by atoms with E-state index in [2.05, 4.69) is 5.50 Å². The third kappa shape index (κ3) is 3290. The van der Waals surface area contributed by atoms with Gasteiger partial charge in [-0.2, -0.15) is 0 Å². The third-order valence-electron chi connectivity index (χ3n) is 0. The Bertz CT molecular complexity index is 57.7. The molecular formula is CH9N2O2P. The molecule has 40 valence electrons. The highest BCUT2D eigenvalue weighted by Gasteiger charge is 1.76. The Morgan fingerprint density at radius 1 is 1.83 bits per heavy atom. The molecule has 6 heavy (non-hydrogen) atoms. The second kappa shape index (κ2) is 2.31. The van der Waals surface area contributed by atoms with Gasteiger partial charge in [0.15, 0.2) is 0 Å². The van der Waals surface area contributed by atoms with E-state index in [-0.39, 0.29) is 6.15 Å². The summed E-state index contributed by atoms with van der Waals surface area (Å²) >= 11 is 0. The van der Waals surface area contributed by atoms with E-state index in [1.165, 1.54) is 0 Å². The van der Waals surface area contributed by atoms with Crippen molar-refractivity contribution in [3.8, 4) is 0 Å². The number of quaternary nitrogens is 1. The molecule has 0 aromatic rings. The molecular weight excluding hydrogens is 103 g/mol. The maximum Gasteiger partial charge on any atom is 0.0712 e. The molecule has 0 saturated heterocycles. The zero-order chi connectivity index (χ0) is 4.50. The van der Waals surface area contributed by atoms with Crippen LogP contribution < -0.4 is 16.5 Å². The lowest BCUT2D eigenvalue weighted by Gasteiger charge is -2.06. The summed E-state index contributed by atoms with van der Waals surface area (Å²) in [6.07, 6.45) is 0. The fraction of sp³-hybridized carbons (Fsp3) is 1.00. The fourth-order valence-corrected chi connectivity index (χ4v) is 0. The van der Waals surface area contributed by atoms with E-state index in [0.29, 0.717) is 0 Å². The minimum Gasteiger partial charge on any atom is -0.788 e. The zero-order valence-corrected chi connectivity index (χ0v) is 4.74. The van der Waals surface area contributed by atoms with E-state index in [1.807, 2.05) is 0 Å². The molecule has 0 aromatic carbocycles. The van der Waals surface area contributed by atoms with Gasteiger partial charge in [-0.15, -0.1) is 0 Å². The van der Waals surface area contributed by atoms with Gasteiger partial charge in [-0.3, -0.25) is 5.50 Å². The van der Waals surface area contributed by atoms with Crippen molar-refractivity contribution < 1.29 is 9.46 Å². The average Bonchev–Trinajstić information content (AvgIpc) is 0.722. The molecule has 4 nitrogen and oxygen atoms in total. The summed E-state index contributed by atoms with van der Waals surface area (Å²) in [7, 11) is -3.39. The Balaban J connectivity index is 0. The lowest BCUT2D eigenvalue weighted by atomic mass is 12.0. The van der Waals surface area contributed by atoms with Crippen LogP contribution in [0.5, 0.6) is 0 Å². The van der Waals surface area contributed by atoms with Crippen LogP contribution in [0.15, 0.2) is 0 Å². The first-order chi connectivity index (χ1) is 2.00. The first-order valence-electron chi connectivity index (χ1n) is 1.07. The Morgan fingerprint density at radius 2 is 1.83 bits per heavy atom. The van der Waals surface area contributed by atoms with Crippen molar-refractivity contribution in [1.29, 1.82) is 0 Å².